The maximum Gasteiger partial charge on any atom is 0.152 e. The van der Waals surface area contributed by atoms with Gasteiger partial charge in [0, 0.05) is 47.6 Å². The van der Waals surface area contributed by atoms with E-state index < -0.39 is 0 Å². The van der Waals surface area contributed by atoms with Gasteiger partial charge >= 0.3 is 0 Å². The number of hydrogen-bond acceptors (Lipinski definition) is 2. The molecule has 0 fully saturated rings. The molecule has 0 N–H and O–H groups in total. The predicted molar refractivity (Wildman–Crippen MR) is 66.5 cm³/mol. The second kappa shape index (κ2) is 3.67. The van der Waals surface area contributed by atoms with Crippen molar-refractivity contribution in [3.8, 4) is 0 Å². The number of hydrogen-bond donors (Lipinski definition) is 0. The van der Waals surface area contributed by atoms with Crippen molar-refractivity contribution < 1.29 is 0 Å². The molecule has 2 nitrogen and oxygen atoms in total. The minimum Gasteiger partial charge on any atom is -0.266 e. The Kier molecular flexibility index (Phi) is 2.71. The molecule has 0 saturated carbocycles. The van der Waals surface area contributed by atoms with E-state index in [0.29, 0.717) is 0 Å². The van der Waals surface area contributed by atoms with Crippen molar-refractivity contribution in [2.45, 2.75) is 6.92 Å². The smallest absolute Gasteiger partial charge is 0.152 e. The van der Waals surface area contributed by atoms with Gasteiger partial charge in [-0.15, -0.1) is 0 Å². The fourth-order valence-electron chi connectivity index (χ4n) is 1.22. The molecule has 0 aliphatic rings. The van der Waals surface area contributed by atoms with Crippen LogP contribution in [0.1, 0.15) is 5.69 Å². The van der Waals surface area contributed by atoms with Crippen molar-refractivity contribution in [3.63, 3.8) is 0 Å². The summed E-state index contributed by atoms with van der Waals surface area (Å²) < 4.78 is 1.99. The number of nitrogens with zero attached hydrogens (tertiary/aromatic N) is 2. The Labute approximate surface area is 97.4 Å². The van der Waals surface area contributed by atoms with E-state index in [1.165, 1.54) is 0 Å². The minimum absolute atomic E-state index is 0.770. The van der Waals surface area contributed by atoms with Crippen molar-refractivity contribution in [2.75, 3.05) is 0 Å². The highest BCUT2D eigenvalue weighted by molar-refractivity contribution is 14.2. The molecule has 0 saturated heterocycles. The summed E-state index contributed by atoms with van der Waals surface area (Å²) in [4.78, 5) is 4.42. The maximum absolute atomic E-state index is 6.07. The highest BCUT2D eigenvalue weighted by Gasteiger charge is 2.06. The molecule has 0 bridgehead atoms. The van der Waals surface area contributed by atoms with Crippen molar-refractivity contribution in [3.05, 3.63) is 29.0 Å². The van der Waals surface area contributed by atoms with Gasteiger partial charge < -0.3 is 0 Å². The quantitative estimate of drug-likeness (QED) is 0.742. The molecule has 5 heteroatoms. The van der Waals surface area contributed by atoms with E-state index in [2.05, 4.69) is 26.2 Å². The molecule has 0 aliphatic carbocycles. The Morgan fingerprint density at radius 1 is 1.62 bits per heavy atom. The van der Waals surface area contributed by atoms with Gasteiger partial charge in [0.2, 0.25) is 0 Å². The van der Waals surface area contributed by atoms with Gasteiger partial charge in [0.15, 0.2) is 5.65 Å². The fraction of sp³-hybridized carbons (Fsp3) is 0.125. The summed E-state index contributed by atoms with van der Waals surface area (Å²) in [6, 6.07) is 3.86. The lowest BCUT2D eigenvalue weighted by molar-refractivity contribution is 1.20. The summed E-state index contributed by atoms with van der Waals surface area (Å²) in [5.74, 6) is 0. The molecule has 0 spiro atoms. The molecule has 13 heavy (non-hydrogen) atoms. The monoisotopic (exact) mass is 324 g/mol. The molecule has 68 valence electrons. The average Bonchev–Trinajstić information content (AvgIpc) is 2.47. The molecule has 0 atom stereocenters. The lowest BCUT2D eigenvalue weighted by Gasteiger charge is -1.99. The van der Waals surface area contributed by atoms with E-state index in [1.54, 1.807) is 9.12 Å². The first-order valence-corrected chi connectivity index (χ1v) is 7.35. The van der Waals surface area contributed by atoms with Gasteiger partial charge in [0.25, 0.3) is 0 Å². The molecule has 0 radical (unpaired) electrons. The van der Waals surface area contributed by atoms with Crippen LogP contribution in [0, 0.1) is 6.92 Å². The number of pyridine rings is 1. The van der Waals surface area contributed by atoms with Gasteiger partial charge in [-0.25, -0.2) is 4.98 Å². The summed E-state index contributed by atoms with van der Waals surface area (Å²) in [6.07, 6.45) is 1.97. The van der Waals surface area contributed by atoms with Gasteiger partial charge in [-0.05, 0) is 19.1 Å². The van der Waals surface area contributed by atoms with E-state index in [1.807, 2.05) is 29.2 Å². The SMILES string of the molecule is Cc1cc(Cl)c2ccn(SI)c2n1. The van der Waals surface area contributed by atoms with E-state index in [-0.39, 0.29) is 0 Å². The molecule has 2 rings (SSSR count). The van der Waals surface area contributed by atoms with Crippen LogP contribution in [0.25, 0.3) is 11.0 Å². The molecule has 0 aliphatic heterocycles. The first-order valence-electron chi connectivity index (χ1n) is 3.65. The third kappa shape index (κ3) is 1.67. The zero-order chi connectivity index (χ0) is 9.42. The van der Waals surface area contributed by atoms with Crippen LogP contribution < -0.4 is 0 Å². The van der Waals surface area contributed by atoms with Gasteiger partial charge in [-0.3, -0.25) is 3.97 Å². The van der Waals surface area contributed by atoms with Crippen LogP contribution in [0.3, 0.4) is 0 Å². The summed E-state index contributed by atoms with van der Waals surface area (Å²) in [7, 11) is 1.59. The van der Waals surface area contributed by atoms with Crippen LogP contribution in [-0.4, -0.2) is 8.96 Å². The third-order valence-electron chi connectivity index (χ3n) is 1.78. The first-order chi connectivity index (χ1) is 6.22. The number of aryl methyl sites for hydroxylation is 1. The third-order valence-corrected chi connectivity index (χ3v) is 3.80. The minimum atomic E-state index is 0.770. The lowest BCUT2D eigenvalue weighted by Crippen LogP contribution is -1.87. The molecule has 0 unspecified atom stereocenters. The van der Waals surface area contributed by atoms with Gasteiger partial charge in [-0.2, -0.15) is 0 Å². The largest absolute Gasteiger partial charge is 0.266 e. The molecule has 0 amide bonds. The zero-order valence-electron chi connectivity index (χ0n) is 6.79. The Hall–Kier alpha value is 0.0600. The van der Waals surface area contributed by atoms with E-state index in [0.717, 1.165) is 21.7 Å². The molecule has 2 aromatic rings. The van der Waals surface area contributed by atoms with Gasteiger partial charge in [0.05, 0.1) is 5.02 Å². The average molecular weight is 325 g/mol. The number of aromatic nitrogens is 2. The van der Waals surface area contributed by atoms with Crippen molar-refractivity contribution in [2.24, 2.45) is 0 Å². The topological polar surface area (TPSA) is 17.8 Å². The number of halogens is 2. The van der Waals surface area contributed by atoms with Crippen LogP contribution in [0.5, 0.6) is 0 Å². The number of fused-ring (bicyclic) bond motifs is 1. The second-order valence-corrected chi connectivity index (χ2v) is 4.81. The Morgan fingerprint density at radius 3 is 3.08 bits per heavy atom. The Bertz CT molecular complexity index is 455. The van der Waals surface area contributed by atoms with Crippen LogP contribution in [0.2, 0.25) is 5.02 Å². The van der Waals surface area contributed by atoms with Gasteiger partial charge in [0.1, 0.15) is 0 Å². The van der Waals surface area contributed by atoms with E-state index in [4.69, 9.17) is 11.6 Å². The molecule has 0 aromatic carbocycles. The van der Waals surface area contributed by atoms with Crippen LogP contribution in [-0.2, 0) is 0 Å². The van der Waals surface area contributed by atoms with Crippen LogP contribution in [0.15, 0.2) is 18.3 Å². The standard InChI is InChI=1S/C8H6ClIN2S/c1-5-4-7(9)6-2-3-12(13-10)8(6)11-5/h2-4H,1H3. The highest BCUT2D eigenvalue weighted by atomic mass is 127. The Morgan fingerprint density at radius 2 is 2.38 bits per heavy atom. The van der Waals surface area contributed by atoms with Crippen LogP contribution >= 0.6 is 41.9 Å². The molecular formula is C8H6ClIN2S. The van der Waals surface area contributed by atoms with E-state index >= 15 is 0 Å². The Balaban J connectivity index is 2.82. The summed E-state index contributed by atoms with van der Waals surface area (Å²) in [5, 5.41) is 1.78. The summed E-state index contributed by atoms with van der Waals surface area (Å²) >= 11 is 8.29. The molecule has 2 aromatic heterocycles. The summed E-state index contributed by atoms with van der Waals surface area (Å²) in [5.41, 5.74) is 1.88. The van der Waals surface area contributed by atoms with Crippen LogP contribution in [0.4, 0.5) is 0 Å². The number of rotatable bonds is 1. The van der Waals surface area contributed by atoms with Gasteiger partial charge in [-0.1, -0.05) is 11.6 Å². The molecule has 2 heterocycles. The highest BCUT2D eigenvalue weighted by Crippen LogP contribution is 2.28. The summed E-state index contributed by atoms with van der Waals surface area (Å²) in [6.45, 7) is 1.94. The predicted octanol–water partition coefficient (Wildman–Crippen LogP) is 3.84. The van der Waals surface area contributed by atoms with Crippen molar-refractivity contribution in [1.29, 1.82) is 0 Å². The second-order valence-electron chi connectivity index (χ2n) is 2.69. The maximum atomic E-state index is 6.07. The zero-order valence-corrected chi connectivity index (χ0v) is 10.5. The van der Waals surface area contributed by atoms with Crippen molar-refractivity contribution in [1.82, 2.24) is 8.96 Å². The lowest BCUT2D eigenvalue weighted by atomic mass is 10.3. The van der Waals surface area contributed by atoms with E-state index in [9.17, 15) is 0 Å². The van der Waals surface area contributed by atoms with Crippen molar-refractivity contribution >= 4 is 53.0 Å². The first kappa shape index (κ1) is 9.61. The normalized spacial score (nSPS) is 11.0. The molecular weight excluding hydrogens is 319 g/mol. The fourth-order valence-corrected chi connectivity index (χ4v) is 2.79.